The smallest absolute Gasteiger partial charge is 0.416 e. The first-order valence-electron chi connectivity index (χ1n) is 7.25. The van der Waals surface area contributed by atoms with Crippen LogP contribution in [0.3, 0.4) is 0 Å². The first kappa shape index (κ1) is 18.1. The second-order valence-corrected chi connectivity index (χ2v) is 7.79. The van der Waals surface area contributed by atoms with Crippen molar-refractivity contribution < 1.29 is 22.3 Å². The van der Waals surface area contributed by atoms with Crippen molar-refractivity contribution in [1.29, 1.82) is 0 Å². The van der Waals surface area contributed by atoms with E-state index < -0.39 is 19.1 Å². The van der Waals surface area contributed by atoms with Crippen LogP contribution in [-0.4, -0.2) is 12.3 Å². The summed E-state index contributed by atoms with van der Waals surface area (Å²) in [5.74, 6) is 0.0399. The lowest BCUT2D eigenvalue weighted by molar-refractivity contribution is -0.137. The number of alkyl halides is 3. The van der Waals surface area contributed by atoms with Gasteiger partial charge in [-0.1, -0.05) is 32.8 Å². The van der Waals surface area contributed by atoms with E-state index >= 15 is 0 Å². The van der Waals surface area contributed by atoms with Crippen molar-refractivity contribution in [2.75, 3.05) is 12.3 Å². The molecule has 0 bridgehead atoms. The Morgan fingerprint density at radius 3 is 2.38 bits per heavy atom. The van der Waals surface area contributed by atoms with Gasteiger partial charge in [0.1, 0.15) is 5.75 Å². The van der Waals surface area contributed by atoms with E-state index in [1.165, 1.54) is 12.1 Å². The van der Waals surface area contributed by atoms with Crippen molar-refractivity contribution >= 4 is 7.37 Å². The molecule has 0 spiro atoms. The van der Waals surface area contributed by atoms with Crippen LogP contribution in [0.25, 0.3) is 0 Å². The zero-order chi connectivity index (χ0) is 15.9. The minimum atomic E-state index is -4.42. The molecule has 1 rings (SSSR count). The van der Waals surface area contributed by atoms with Gasteiger partial charge in [-0.25, -0.2) is 0 Å². The Kier molecular flexibility index (Phi) is 6.79. The van der Waals surface area contributed by atoms with Crippen molar-refractivity contribution in [2.24, 2.45) is 0 Å². The minimum Gasteiger partial charge on any atom is -0.443 e. The number of hydrogen-bond donors (Lipinski definition) is 0. The summed E-state index contributed by atoms with van der Waals surface area (Å²) in [6.07, 6.45) is -0.210. The molecular formula is C15H22F3O2P. The first-order chi connectivity index (χ1) is 9.80. The van der Waals surface area contributed by atoms with Crippen LogP contribution in [0.5, 0.6) is 5.75 Å². The Morgan fingerprint density at radius 1 is 1.10 bits per heavy atom. The average Bonchev–Trinajstić information content (AvgIpc) is 2.38. The van der Waals surface area contributed by atoms with Gasteiger partial charge in [0, 0.05) is 12.3 Å². The Labute approximate surface area is 124 Å². The van der Waals surface area contributed by atoms with Crippen molar-refractivity contribution in [1.82, 2.24) is 0 Å². The molecule has 0 aliphatic rings. The monoisotopic (exact) mass is 322 g/mol. The highest BCUT2D eigenvalue weighted by atomic mass is 31.2. The SMILES string of the molecule is CCCCCP(=O)(CCC)Oc1cccc(C(F)(F)F)c1. The number of hydrogen-bond acceptors (Lipinski definition) is 2. The summed E-state index contributed by atoms with van der Waals surface area (Å²) in [5, 5.41) is 0. The molecule has 0 saturated carbocycles. The highest BCUT2D eigenvalue weighted by molar-refractivity contribution is 7.59. The fraction of sp³-hybridized carbons (Fsp3) is 0.600. The molecule has 0 aromatic heterocycles. The molecule has 1 aromatic carbocycles. The molecule has 1 aromatic rings. The fourth-order valence-corrected chi connectivity index (χ4v) is 4.36. The van der Waals surface area contributed by atoms with Gasteiger partial charge in [-0.15, -0.1) is 0 Å². The molecule has 1 unspecified atom stereocenters. The number of unbranched alkanes of at least 4 members (excludes halogenated alkanes) is 2. The number of benzene rings is 1. The normalized spacial score (nSPS) is 14.7. The standard InChI is InChI=1S/C15H22F3O2P/c1-3-5-6-11-21(19,10-4-2)20-14-9-7-8-13(12-14)15(16,17)18/h7-9,12H,3-6,10-11H2,1-2H3. The Hall–Kier alpha value is -0.960. The van der Waals surface area contributed by atoms with Gasteiger partial charge in [0.25, 0.3) is 0 Å². The summed E-state index contributed by atoms with van der Waals surface area (Å²) in [4.78, 5) is 0. The molecule has 6 heteroatoms. The van der Waals surface area contributed by atoms with Gasteiger partial charge in [-0.3, -0.25) is 4.57 Å². The van der Waals surface area contributed by atoms with Gasteiger partial charge in [-0.05, 0) is 31.0 Å². The van der Waals surface area contributed by atoms with E-state index in [1.807, 2.05) is 13.8 Å². The van der Waals surface area contributed by atoms with Crippen molar-refractivity contribution in [3.05, 3.63) is 29.8 Å². The Morgan fingerprint density at radius 2 is 1.81 bits per heavy atom. The van der Waals surface area contributed by atoms with Crippen molar-refractivity contribution in [3.8, 4) is 5.75 Å². The second kappa shape index (κ2) is 7.88. The number of halogens is 3. The predicted molar refractivity (Wildman–Crippen MR) is 79.2 cm³/mol. The third-order valence-corrected chi connectivity index (χ3v) is 5.77. The van der Waals surface area contributed by atoms with Crippen molar-refractivity contribution in [2.45, 2.75) is 45.7 Å². The number of rotatable bonds is 8. The maximum atomic E-state index is 12.7. The van der Waals surface area contributed by atoms with E-state index in [2.05, 4.69) is 0 Å². The Balaban J connectivity index is 2.86. The minimum absolute atomic E-state index is 0.0399. The second-order valence-electron chi connectivity index (χ2n) is 5.09. The van der Waals surface area contributed by atoms with E-state index in [1.54, 1.807) is 0 Å². The third-order valence-electron chi connectivity index (χ3n) is 3.10. The summed E-state index contributed by atoms with van der Waals surface area (Å²) in [5.41, 5.74) is -0.781. The van der Waals surface area contributed by atoms with Gasteiger partial charge in [0.05, 0.1) is 5.56 Å². The molecule has 120 valence electrons. The van der Waals surface area contributed by atoms with Crippen molar-refractivity contribution in [3.63, 3.8) is 0 Å². The quantitative estimate of drug-likeness (QED) is 0.436. The van der Waals surface area contributed by atoms with Gasteiger partial charge >= 0.3 is 6.18 Å². The summed E-state index contributed by atoms with van der Waals surface area (Å²) in [6, 6.07) is 4.61. The van der Waals surface area contributed by atoms with Crippen LogP contribution in [0, 0.1) is 0 Å². The highest BCUT2D eigenvalue weighted by Gasteiger charge is 2.31. The zero-order valence-electron chi connectivity index (χ0n) is 12.4. The largest absolute Gasteiger partial charge is 0.443 e. The molecule has 0 saturated heterocycles. The lowest BCUT2D eigenvalue weighted by Gasteiger charge is -2.20. The lowest BCUT2D eigenvalue weighted by atomic mass is 10.2. The molecule has 0 fully saturated rings. The molecule has 0 N–H and O–H groups in total. The first-order valence-corrected chi connectivity index (χ1v) is 9.25. The molecule has 0 radical (unpaired) electrons. The van der Waals surface area contributed by atoms with Gasteiger partial charge < -0.3 is 4.52 Å². The molecule has 21 heavy (non-hydrogen) atoms. The molecule has 0 amide bonds. The average molecular weight is 322 g/mol. The van der Waals surface area contributed by atoms with E-state index in [-0.39, 0.29) is 5.75 Å². The molecule has 2 nitrogen and oxygen atoms in total. The van der Waals surface area contributed by atoms with E-state index in [0.717, 1.165) is 31.4 Å². The predicted octanol–water partition coefficient (Wildman–Crippen LogP) is 5.96. The summed E-state index contributed by atoms with van der Waals surface area (Å²) >= 11 is 0. The van der Waals surface area contributed by atoms with Crippen LogP contribution in [0.1, 0.15) is 45.1 Å². The van der Waals surface area contributed by atoms with E-state index in [9.17, 15) is 17.7 Å². The van der Waals surface area contributed by atoms with Gasteiger partial charge in [-0.2, -0.15) is 13.2 Å². The lowest BCUT2D eigenvalue weighted by Crippen LogP contribution is -2.06. The Bertz CT molecular complexity index is 486. The molecule has 0 aliphatic heterocycles. The third kappa shape index (κ3) is 6.13. The summed E-state index contributed by atoms with van der Waals surface area (Å²) in [7, 11) is -2.91. The molecule has 1 atom stereocenters. The molecule has 0 heterocycles. The van der Waals surface area contributed by atoms with E-state index in [4.69, 9.17) is 4.52 Å². The summed E-state index contributed by atoms with van der Waals surface area (Å²) in [6.45, 7) is 3.93. The fourth-order valence-electron chi connectivity index (χ4n) is 2.07. The van der Waals surface area contributed by atoms with Crippen LogP contribution < -0.4 is 4.52 Å². The van der Waals surface area contributed by atoms with Crippen LogP contribution in [0.15, 0.2) is 24.3 Å². The van der Waals surface area contributed by atoms with Crippen LogP contribution in [-0.2, 0) is 10.7 Å². The topological polar surface area (TPSA) is 26.3 Å². The maximum Gasteiger partial charge on any atom is 0.416 e. The van der Waals surface area contributed by atoms with E-state index in [0.29, 0.717) is 18.7 Å². The van der Waals surface area contributed by atoms with Crippen LogP contribution in [0.2, 0.25) is 0 Å². The van der Waals surface area contributed by atoms with Crippen LogP contribution >= 0.6 is 7.37 Å². The molecular weight excluding hydrogens is 300 g/mol. The zero-order valence-corrected chi connectivity index (χ0v) is 13.3. The van der Waals surface area contributed by atoms with Crippen LogP contribution in [0.4, 0.5) is 13.2 Å². The van der Waals surface area contributed by atoms with Gasteiger partial charge in [0.15, 0.2) is 0 Å². The summed E-state index contributed by atoms with van der Waals surface area (Å²) < 4.78 is 56.2. The maximum absolute atomic E-state index is 12.7. The highest BCUT2D eigenvalue weighted by Crippen LogP contribution is 2.49. The molecule has 0 aliphatic carbocycles. The van der Waals surface area contributed by atoms with Gasteiger partial charge in [0.2, 0.25) is 7.37 Å².